The van der Waals surface area contributed by atoms with E-state index in [1.807, 2.05) is 6.92 Å². The standard InChI is InChI=1S/C11H19N5O3/c1-2-5-19-6-3-4-13-10-7-9(16(17)18)8-11(14-10)15-12/h7-8H,2-6,12H2,1H3,(H2,13,14,15). The summed E-state index contributed by atoms with van der Waals surface area (Å²) in [5.74, 6) is 5.88. The minimum absolute atomic E-state index is 0.0623. The van der Waals surface area contributed by atoms with Gasteiger partial charge in [0.15, 0.2) is 0 Å². The van der Waals surface area contributed by atoms with Crippen LogP contribution in [0.1, 0.15) is 19.8 Å². The molecule has 8 heteroatoms. The second-order valence-corrected chi connectivity index (χ2v) is 3.89. The lowest BCUT2D eigenvalue weighted by Crippen LogP contribution is -2.12. The molecule has 1 aromatic heterocycles. The molecule has 4 N–H and O–H groups in total. The fourth-order valence-electron chi connectivity index (χ4n) is 1.42. The molecule has 19 heavy (non-hydrogen) atoms. The highest BCUT2D eigenvalue weighted by Crippen LogP contribution is 2.19. The average Bonchev–Trinajstić information content (AvgIpc) is 2.42. The summed E-state index contributed by atoms with van der Waals surface area (Å²) in [4.78, 5) is 14.3. The predicted molar refractivity (Wildman–Crippen MR) is 72.9 cm³/mol. The Labute approximate surface area is 111 Å². The highest BCUT2D eigenvalue weighted by Gasteiger charge is 2.10. The van der Waals surface area contributed by atoms with E-state index in [1.165, 1.54) is 12.1 Å². The van der Waals surface area contributed by atoms with E-state index in [0.717, 1.165) is 19.4 Å². The molecular formula is C11H19N5O3. The minimum atomic E-state index is -0.488. The molecule has 106 valence electrons. The van der Waals surface area contributed by atoms with Crippen LogP contribution < -0.4 is 16.6 Å². The molecule has 0 aromatic carbocycles. The van der Waals surface area contributed by atoms with Crippen molar-refractivity contribution in [2.75, 3.05) is 30.5 Å². The number of anilines is 2. The summed E-state index contributed by atoms with van der Waals surface area (Å²) in [6.45, 7) is 4.07. The molecule has 0 aliphatic rings. The number of hydrazine groups is 1. The average molecular weight is 269 g/mol. The Morgan fingerprint density at radius 3 is 2.79 bits per heavy atom. The van der Waals surface area contributed by atoms with Gasteiger partial charge in [-0.1, -0.05) is 6.92 Å². The number of hydrogen-bond acceptors (Lipinski definition) is 7. The highest BCUT2D eigenvalue weighted by molar-refractivity contribution is 5.54. The molecule has 0 aliphatic carbocycles. The number of nitrogens with one attached hydrogen (secondary N) is 2. The number of nitrogens with zero attached hydrogens (tertiary/aromatic N) is 2. The molecule has 0 unspecified atom stereocenters. The number of nitro groups is 1. The Hall–Kier alpha value is -1.93. The van der Waals surface area contributed by atoms with Crippen LogP contribution in [0.3, 0.4) is 0 Å². The van der Waals surface area contributed by atoms with Crippen molar-refractivity contribution in [2.24, 2.45) is 5.84 Å². The second-order valence-electron chi connectivity index (χ2n) is 3.89. The van der Waals surface area contributed by atoms with E-state index in [-0.39, 0.29) is 11.5 Å². The molecule has 0 bridgehead atoms. The molecule has 0 radical (unpaired) electrons. The summed E-state index contributed by atoms with van der Waals surface area (Å²) in [6.07, 6.45) is 1.79. The largest absolute Gasteiger partial charge is 0.381 e. The fraction of sp³-hybridized carbons (Fsp3) is 0.545. The lowest BCUT2D eigenvalue weighted by molar-refractivity contribution is -0.384. The third-order valence-corrected chi connectivity index (χ3v) is 2.29. The molecule has 0 saturated heterocycles. The number of pyridine rings is 1. The normalized spacial score (nSPS) is 10.2. The van der Waals surface area contributed by atoms with Crippen molar-refractivity contribution < 1.29 is 9.66 Å². The van der Waals surface area contributed by atoms with Crippen LogP contribution in [-0.2, 0) is 4.74 Å². The zero-order chi connectivity index (χ0) is 14.1. The van der Waals surface area contributed by atoms with E-state index in [4.69, 9.17) is 10.6 Å². The van der Waals surface area contributed by atoms with Crippen molar-refractivity contribution in [1.82, 2.24) is 4.98 Å². The van der Waals surface area contributed by atoms with Crippen molar-refractivity contribution >= 4 is 17.3 Å². The predicted octanol–water partition coefficient (Wildman–Crippen LogP) is 1.50. The van der Waals surface area contributed by atoms with Gasteiger partial charge in [-0.15, -0.1) is 0 Å². The number of aromatic nitrogens is 1. The zero-order valence-electron chi connectivity index (χ0n) is 10.9. The molecule has 0 atom stereocenters. The van der Waals surface area contributed by atoms with Crippen LogP contribution in [0.5, 0.6) is 0 Å². The van der Waals surface area contributed by atoms with Crippen LogP contribution in [0.25, 0.3) is 0 Å². The first-order chi connectivity index (χ1) is 9.17. The van der Waals surface area contributed by atoms with E-state index >= 15 is 0 Å². The van der Waals surface area contributed by atoms with Crippen molar-refractivity contribution in [3.63, 3.8) is 0 Å². The summed E-state index contributed by atoms with van der Waals surface area (Å²) >= 11 is 0. The van der Waals surface area contributed by atoms with Gasteiger partial charge < -0.3 is 15.5 Å². The van der Waals surface area contributed by atoms with Crippen molar-refractivity contribution in [2.45, 2.75) is 19.8 Å². The van der Waals surface area contributed by atoms with Crippen molar-refractivity contribution in [3.8, 4) is 0 Å². The maximum absolute atomic E-state index is 10.7. The maximum atomic E-state index is 10.7. The van der Waals surface area contributed by atoms with E-state index < -0.39 is 4.92 Å². The summed E-state index contributed by atoms with van der Waals surface area (Å²) in [6, 6.07) is 2.64. The Balaban J connectivity index is 2.48. The van der Waals surface area contributed by atoms with Crippen LogP contribution in [0.15, 0.2) is 12.1 Å². The van der Waals surface area contributed by atoms with Crippen molar-refractivity contribution in [1.29, 1.82) is 0 Å². The zero-order valence-corrected chi connectivity index (χ0v) is 10.9. The molecule has 0 fully saturated rings. The first kappa shape index (κ1) is 15.1. The molecule has 1 heterocycles. The topological polar surface area (TPSA) is 115 Å². The van der Waals surface area contributed by atoms with Gasteiger partial charge in [0.05, 0.1) is 17.1 Å². The van der Waals surface area contributed by atoms with Crippen LogP contribution in [-0.4, -0.2) is 29.7 Å². The van der Waals surface area contributed by atoms with Gasteiger partial charge in [-0.3, -0.25) is 10.1 Å². The molecule has 0 aliphatic heterocycles. The van der Waals surface area contributed by atoms with Crippen LogP contribution in [0.4, 0.5) is 17.3 Å². The van der Waals surface area contributed by atoms with E-state index in [1.54, 1.807) is 0 Å². The lowest BCUT2D eigenvalue weighted by Gasteiger charge is -2.07. The van der Waals surface area contributed by atoms with E-state index in [2.05, 4.69) is 15.7 Å². The molecule has 8 nitrogen and oxygen atoms in total. The van der Waals surface area contributed by atoms with Gasteiger partial charge in [-0.05, 0) is 12.8 Å². The van der Waals surface area contributed by atoms with Gasteiger partial charge in [0.2, 0.25) is 0 Å². The summed E-state index contributed by atoms with van der Waals surface area (Å²) in [5, 5.41) is 13.7. The lowest BCUT2D eigenvalue weighted by atomic mass is 10.3. The molecular weight excluding hydrogens is 250 g/mol. The fourth-order valence-corrected chi connectivity index (χ4v) is 1.42. The first-order valence-electron chi connectivity index (χ1n) is 6.12. The molecule has 0 saturated carbocycles. The number of hydrogen-bond donors (Lipinski definition) is 3. The highest BCUT2D eigenvalue weighted by atomic mass is 16.6. The van der Waals surface area contributed by atoms with Crippen LogP contribution in [0.2, 0.25) is 0 Å². The summed E-state index contributed by atoms with van der Waals surface area (Å²) < 4.78 is 5.33. The molecule has 0 amide bonds. The molecule has 1 rings (SSSR count). The minimum Gasteiger partial charge on any atom is -0.381 e. The number of nitrogens with two attached hydrogens (primary N) is 1. The number of nitrogen functional groups attached to an aromatic ring is 1. The van der Waals surface area contributed by atoms with E-state index in [0.29, 0.717) is 19.0 Å². The van der Waals surface area contributed by atoms with Gasteiger partial charge >= 0.3 is 0 Å². The monoisotopic (exact) mass is 269 g/mol. The summed E-state index contributed by atoms with van der Waals surface area (Å²) in [5.41, 5.74) is 2.24. The van der Waals surface area contributed by atoms with Crippen LogP contribution in [0, 0.1) is 10.1 Å². The van der Waals surface area contributed by atoms with Crippen molar-refractivity contribution in [3.05, 3.63) is 22.2 Å². The quantitative estimate of drug-likeness (QED) is 0.269. The Morgan fingerprint density at radius 1 is 1.42 bits per heavy atom. The summed E-state index contributed by atoms with van der Waals surface area (Å²) in [7, 11) is 0. The SMILES string of the molecule is CCCOCCCNc1cc([N+](=O)[O-])cc(NN)n1. The third-order valence-electron chi connectivity index (χ3n) is 2.29. The Kier molecular flexibility index (Phi) is 6.55. The Bertz CT molecular complexity index is 413. The number of rotatable bonds is 9. The van der Waals surface area contributed by atoms with E-state index in [9.17, 15) is 10.1 Å². The first-order valence-corrected chi connectivity index (χ1v) is 6.12. The molecule has 0 spiro atoms. The second kappa shape index (κ2) is 8.22. The molecule has 1 aromatic rings. The van der Waals surface area contributed by atoms with Gasteiger partial charge in [-0.25, -0.2) is 10.8 Å². The Morgan fingerprint density at radius 2 is 2.16 bits per heavy atom. The maximum Gasteiger partial charge on any atom is 0.276 e. The van der Waals surface area contributed by atoms with Crippen LogP contribution >= 0.6 is 0 Å². The van der Waals surface area contributed by atoms with Gasteiger partial charge in [0.25, 0.3) is 5.69 Å². The van der Waals surface area contributed by atoms with Gasteiger partial charge in [0, 0.05) is 19.8 Å². The smallest absolute Gasteiger partial charge is 0.276 e. The van der Waals surface area contributed by atoms with Gasteiger partial charge in [0.1, 0.15) is 11.6 Å². The van der Waals surface area contributed by atoms with Gasteiger partial charge in [-0.2, -0.15) is 0 Å². The number of ether oxygens (including phenoxy) is 1. The third kappa shape index (κ3) is 5.49.